The maximum absolute atomic E-state index is 11.5. The van der Waals surface area contributed by atoms with Crippen molar-refractivity contribution >= 4 is 17.8 Å². The van der Waals surface area contributed by atoms with Crippen molar-refractivity contribution in [2.24, 2.45) is 0 Å². The molecular weight excluding hydrogens is 464 g/mol. The van der Waals surface area contributed by atoms with Crippen LogP contribution in [0, 0.1) is 0 Å². The zero-order chi connectivity index (χ0) is 25.3. The quantitative estimate of drug-likeness (QED) is 0.549. The van der Waals surface area contributed by atoms with Crippen molar-refractivity contribution < 1.29 is 50.9 Å². The number of pyridine rings is 1. The minimum atomic E-state index is -5.08. The molecule has 186 valence electrons. The number of alkyl halides is 6. The minimum absolute atomic E-state index is 0.0980. The Hall–Kier alpha value is -2.90. The van der Waals surface area contributed by atoms with E-state index in [0.717, 1.165) is 38.9 Å². The number of halogens is 6. The molecule has 0 aromatic carbocycles. The maximum Gasteiger partial charge on any atom is 0.490 e. The number of likely N-dealkylation sites (tertiary alicyclic amines) is 1. The minimum Gasteiger partial charge on any atom is -0.475 e. The molecule has 3 heterocycles. The van der Waals surface area contributed by atoms with Crippen LogP contribution in [0.1, 0.15) is 37.7 Å². The van der Waals surface area contributed by atoms with Gasteiger partial charge in [-0.3, -0.25) is 14.7 Å². The molecule has 0 radical (unpaired) electrons. The Kier molecular flexibility index (Phi) is 10.1. The molecule has 1 amide bonds. The van der Waals surface area contributed by atoms with Crippen LogP contribution in [0.15, 0.2) is 24.5 Å². The Morgan fingerprint density at radius 3 is 2.03 bits per heavy atom. The SMILES string of the molecule is O=C(O)C(F)(F)F.O=C(O)C(F)(F)F.O=C1CCC2(CCCN(Cc3cccnc3)CC2)N1. The zero-order valence-electron chi connectivity index (χ0n) is 17.2. The summed E-state index contributed by atoms with van der Waals surface area (Å²) >= 11 is 0. The second-order valence-corrected chi connectivity index (χ2v) is 7.43. The third-order valence-electron chi connectivity index (χ3n) is 4.89. The third kappa shape index (κ3) is 10.5. The molecule has 0 saturated carbocycles. The molecule has 1 aromatic heterocycles. The van der Waals surface area contributed by atoms with Crippen LogP contribution in [0.4, 0.5) is 26.3 Å². The lowest BCUT2D eigenvalue weighted by atomic mass is 9.89. The lowest BCUT2D eigenvalue weighted by Gasteiger charge is -2.27. The van der Waals surface area contributed by atoms with Crippen LogP contribution < -0.4 is 5.32 Å². The number of nitrogens with one attached hydrogen (secondary N) is 1. The van der Waals surface area contributed by atoms with Gasteiger partial charge in [-0.1, -0.05) is 6.07 Å². The highest BCUT2D eigenvalue weighted by Crippen LogP contribution is 2.31. The summed E-state index contributed by atoms with van der Waals surface area (Å²) in [4.78, 5) is 35.9. The summed E-state index contributed by atoms with van der Waals surface area (Å²) in [5.41, 5.74) is 1.37. The molecular formula is C19H23F6N3O5. The number of amides is 1. The average Bonchev–Trinajstić information content (AvgIpc) is 2.95. The molecule has 2 aliphatic rings. The van der Waals surface area contributed by atoms with Crippen molar-refractivity contribution in [3.05, 3.63) is 30.1 Å². The van der Waals surface area contributed by atoms with E-state index < -0.39 is 24.3 Å². The summed E-state index contributed by atoms with van der Waals surface area (Å²) in [6.07, 6.45) is -1.30. The highest BCUT2D eigenvalue weighted by atomic mass is 19.4. The van der Waals surface area contributed by atoms with Crippen LogP contribution >= 0.6 is 0 Å². The van der Waals surface area contributed by atoms with Crippen LogP contribution in [-0.4, -0.2) is 68.9 Å². The van der Waals surface area contributed by atoms with Crippen LogP contribution in [0.25, 0.3) is 0 Å². The first-order valence-corrected chi connectivity index (χ1v) is 9.67. The van der Waals surface area contributed by atoms with E-state index >= 15 is 0 Å². The summed E-state index contributed by atoms with van der Waals surface area (Å²) in [6.45, 7) is 3.15. The van der Waals surface area contributed by atoms with Crippen molar-refractivity contribution in [3.63, 3.8) is 0 Å². The Labute approximate surface area is 184 Å². The van der Waals surface area contributed by atoms with Gasteiger partial charge in [0.15, 0.2) is 0 Å². The van der Waals surface area contributed by atoms with Gasteiger partial charge in [-0.2, -0.15) is 26.3 Å². The summed E-state index contributed by atoms with van der Waals surface area (Å²) in [5.74, 6) is -5.28. The van der Waals surface area contributed by atoms with Crippen molar-refractivity contribution in [1.82, 2.24) is 15.2 Å². The van der Waals surface area contributed by atoms with E-state index in [1.165, 1.54) is 12.0 Å². The van der Waals surface area contributed by atoms with Gasteiger partial charge < -0.3 is 15.5 Å². The van der Waals surface area contributed by atoms with Crippen molar-refractivity contribution in [2.75, 3.05) is 13.1 Å². The number of carboxylic acid groups (broad SMARTS) is 2. The van der Waals surface area contributed by atoms with Crippen LogP contribution in [-0.2, 0) is 20.9 Å². The Balaban J connectivity index is 0.000000324. The Morgan fingerprint density at radius 1 is 1.03 bits per heavy atom. The molecule has 3 rings (SSSR count). The van der Waals surface area contributed by atoms with E-state index in [1.807, 2.05) is 18.5 Å². The molecule has 1 atom stereocenters. The number of aromatic nitrogens is 1. The van der Waals surface area contributed by atoms with Crippen molar-refractivity contribution in [3.8, 4) is 0 Å². The fourth-order valence-electron chi connectivity index (χ4n) is 3.31. The topological polar surface area (TPSA) is 120 Å². The second kappa shape index (κ2) is 11.8. The molecule has 1 aromatic rings. The van der Waals surface area contributed by atoms with Gasteiger partial charge >= 0.3 is 24.3 Å². The van der Waals surface area contributed by atoms with Gasteiger partial charge in [-0.15, -0.1) is 0 Å². The Bertz CT molecular complexity index is 779. The Morgan fingerprint density at radius 2 is 1.61 bits per heavy atom. The van der Waals surface area contributed by atoms with E-state index in [2.05, 4.69) is 21.3 Å². The van der Waals surface area contributed by atoms with Gasteiger partial charge in [-0.25, -0.2) is 9.59 Å². The highest BCUT2D eigenvalue weighted by molar-refractivity contribution is 5.79. The van der Waals surface area contributed by atoms with E-state index in [1.54, 1.807) is 0 Å². The molecule has 2 fully saturated rings. The number of hydrogen-bond acceptors (Lipinski definition) is 5. The van der Waals surface area contributed by atoms with Gasteiger partial charge in [0, 0.05) is 37.4 Å². The standard InChI is InChI=1S/C15H21N3O.2C2HF3O2/c19-14-4-6-15(17-14)5-2-9-18(10-7-15)12-13-3-1-8-16-11-13;2*3-2(4,5)1(6)7/h1,3,8,11H,2,4-7,9-10,12H2,(H,17,19);2*(H,6,7). The lowest BCUT2D eigenvalue weighted by molar-refractivity contribution is -0.193. The number of rotatable bonds is 2. The van der Waals surface area contributed by atoms with Crippen LogP contribution in [0.5, 0.6) is 0 Å². The third-order valence-corrected chi connectivity index (χ3v) is 4.89. The first kappa shape index (κ1) is 28.1. The van der Waals surface area contributed by atoms with Gasteiger partial charge in [0.05, 0.1) is 0 Å². The van der Waals surface area contributed by atoms with E-state index in [-0.39, 0.29) is 11.4 Å². The molecule has 1 unspecified atom stereocenters. The predicted octanol–water partition coefficient (Wildman–Crippen LogP) is 2.98. The number of aliphatic carboxylic acids is 2. The fraction of sp³-hybridized carbons (Fsp3) is 0.579. The predicted molar refractivity (Wildman–Crippen MR) is 101 cm³/mol. The monoisotopic (exact) mass is 487 g/mol. The van der Waals surface area contributed by atoms with Crippen molar-refractivity contribution in [1.29, 1.82) is 0 Å². The summed E-state index contributed by atoms with van der Waals surface area (Å²) < 4.78 is 63.5. The molecule has 2 aliphatic heterocycles. The molecule has 0 bridgehead atoms. The van der Waals surface area contributed by atoms with Gasteiger partial charge in [0.1, 0.15) is 0 Å². The molecule has 0 aliphatic carbocycles. The molecule has 8 nitrogen and oxygen atoms in total. The van der Waals surface area contributed by atoms with Crippen LogP contribution in [0.3, 0.4) is 0 Å². The number of hydrogen-bond donors (Lipinski definition) is 3. The van der Waals surface area contributed by atoms with E-state index in [4.69, 9.17) is 19.8 Å². The smallest absolute Gasteiger partial charge is 0.475 e. The molecule has 14 heteroatoms. The van der Waals surface area contributed by atoms with Crippen molar-refractivity contribution in [2.45, 2.75) is 56.5 Å². The van der Waals surface area contributed by atoms with Crippen LogP contribution in [0.2, 0.25) is 0 Å². The number of carbonyl (C=O) groups is 3. The molecule has 33 heavy (non-hydrogen) atoms. The normalized spacial score (nSPS) is 21.1. The van der Waals surface area contributed by atoms with Gasteiger partial charge in [0.25, 0.3) is 0 Å². The maximum atomic E-state index is 11.5. The van der Waals surface area contributed by atoms with Gasteiger partial charge in [-0.05, 0) is 43.9 Å². The lowest BCUT2D eigenvalue weighted by Crippen LogP contribution is -2.42. The number of carboxylic acids is 2. The largest absolute Gasteiger partial charge is 0.490 e. The summed E-state index contributed by atoms with van der Waals surface area (Å²) in [5, 5.41) is 17.5. The number of carbonyl (C=O) groups excluding carboxylic acids is 1. The molecule has 2 saturated heterocycles. The number of nitrogens with zero attached hydrogens (tertiary/aromatic N) is 2. The van der Waals surface area contributed by atoms with Gasteiger partial charge in [0.2, 0.25) is 5.91 Å². The first-order valence-electron chi connectivity index (χ1n) is 9.67. The second-order valence-electron chi connectivity index (χ2n) is 7.43. The first-order chi connectivity index (χ1) is 15.1. The molecule has 3 N–H and O–H groups in total. The zero-order valence-corrected chi connectivity index (χ0v) is 17.2. The molecule has 1 spiro atoms. The summed E-state index contributed by atoms with van der Waals surface area (Å²) in [7, 11) is 0. The van der Waals surface area contributed by atoms with E-state index in [0.29, 0.717) is 6.42 Å². The summed E-state index contributed by atoms with van der Waals surface area (Å²) in [6, 6.07) is 4.12. The van der Waals surface area contributed by atoms with E-state index in [9.17, 15) is 31.1 Å². The highest BCUT2D eigenvalue weighted by Gasteiger charge is 2.39. The fourth-order valence-corrected chi connectivity index (χ4v) is 3.31. The average molecular weight is 487 g/mol.